The highest BCUT2D eigenvalue weighted by molar-refractivity contribution is 7.86. The first kappa shape index (κ1) is 20.4. The first-order valence-electron chi connectivity index (χ1n) is 10.0. The Balaban J connectivity index is 1.53. The van der Waals surface area contributed by atoms with E-state index in [0.29, 0.717) is 24.0 Å². The van der Waals surface area contributed by atoms with Crippen molar-refractivity contribution in [3.63, 3.8) is 0 Å². The van der Waals surface area contributed by atoms with Gasteiger partial charge in [-0.2, -0.15) is 13.7 Å². The molecule has 0 N–H and O–H groups in total. The Morgan fingerprint density at radius 1 is 1.41 bits per heavy atom. The van der Waals surface area contributed by atoms with Crippen LogP contribution >= 0.6 is 0 Å². The number of nitrogens with zero attached hydrogens (tertiary/aromatic N) is 2. The lowest BCUT2D eigenvalue weighted by Gasteiger charge is -2.47. The summed E-state index contributed by atoms with van der Waals surface area (Å²) in [5.41, 5.74) is -1.30. The van der Waals surface area contributed by atoms with Gasteiger partial charge in [0.05, 0.1) is 25.6 Å². The molecular weight excluding hydrogens is 392 g/mol. The molecule has 0 aromatic heterocycles. The zero-order valence-corrected chi connectivity index (χ0v) is 18.2. The summed E-state index contributed by atoms with van der Waals surface area (Å²) in [4.78, 5) is 0. The third-order valence-corrected chi connectivity index (χ3v) is 9.10. The summed E-state index contributed by atoms with van der Waals surface area (Å²) in [6.07, 6.45) is 7.66. The van der Waals surface area contributed by atoms with Gasteiger partial charge in [0.15, 0.2) is 5.71 Å². The molecule has 1 heterocycles. The van der Waals surface area contributed by atoms with Crippen molar-refractivity contribution in [2.75, 3.05) is 19.5 Å². The number of hydrogen-bond donors (Lipinski definition) is 0. The predicted molar refractivity (Wildman–Crippen MR) is 107 cm³/mol. The highest BCUT2D eigenvalue weighted by atomic mass is 32.2. The first-order valence-corrected chi connectivity index (χ1v) is 11.6. The molecular formula is C21H28N2O5S. The molecule has 0 spiro atoms. The molecule has 7 nitrogen and oxygen atoms in total. The van der Waals surface area contributed by atoms with Crippen LogP contribution in [0.4, 0.5) is 0 Å². The minimum atomic E-state index is -3.97. The molecule has 1 saturated heterocycles. The van der Waals surface area contributed by atoms with Crippen LogP contribution in [0.25, 0.3) is 0 Å². The van der Waals surface area contributed by atoms with E-state index in [-0.39, 0.29) is 23.0 Å². The highest BCUT2D eigenvalue weighted by Gasteiger charge is 2.73. The maximum atomic E-state index is 12.9. The van der Waals surface area contributed by atoms with Crippen molar-refractivity contribution in [3.05, 3.63) is 24.0 Å². The number of fused-ring (bicyclic) bond motifs is 5. The minimum absolute atomic E-state index is 0.0222. The molecule has 5 atom stereocenters. The summed E-state index contributed by atoms with van der Waals surface area (Å²) in [5.74, 6) is 1.50. The van der Waals surface area contributed by atoms with E-state index in [4.69, 9.17) is 13.8 Å². The van der Waals surface area contributed by atoms with Crippen LogP contribution in [0.15, 0.2) is 29.1 Å². The quantitative estimate of drug-likeness (QED) is 0.484. The van der Waals surface area contributed by atoms with Gasteiger partial charge in [0.2, 0.25) is 0 Å². The number of ether oxygens (including phenoxy) is 2. The predicted octanol–water partition coefficient (Wildman–Crippen LogP) is 3.16. The Morgan fingerprint density at radius 2 is 2.17 bits per heavy atom. The highest BCUT2D eigenvalue weighted by Crippen LogP contribution is 2.71. The Kier molecular flexibility index (Phi) is 4.63. The van der Waals surface area contributed by atoms with E-state index in [0.717, 1.165) is 19.4 Å². The topological polar surface area (TPSA) is 98.0 Å². The van der Waals surface area contributed by atoms with Crippen LogP contribution in [0.5, 0.6) is 0 Å². The average molecular weight is 421 g/mol. The van der Waals surface area contributed by atoms with Crippen molar-refractivity contribution in [1.29, 1.82) is 5.26 Å². The molecule has 2 saturated carbocycles. The Morgan fingerprint density at radius 3 is 2.69 bits per heavy atom. The van der Waals surface area contributed by atoms with Gasteiger partial charge in [-0.15, -0.1) is 0 Å². The normalized spacial score (nSPS) is 39.9. The zero-order valence-electron chi connectivity index (χ0n) is 17.3. The van der Waals surface area contributed by atoms with Crippen molar-refractivity contribution >= 4 is 15.8 Å². The van der Waals surface area contributed by atoms with E-state index in [2.05, 4.69) is 19.0 Å². The summed E-state index contributed by atoms with van der Waals surface area (Å²) < 4.78 is 41.8. The minimum Gasteiger partial charge on any atom is -0.497 e. The maximum Gasteiger partial charge on any atom is 0.329 e. The molecule has 4 aliphatic rings. The number of oxime groups is 1. The summed E-state index contributed by atoms with van der Waals surface area (Å²) in [5, 5.41) is 13.4. The second kappa shape index (κ2) is 6.58. The van der Waals surface area contributed by atoms with Gasteiger partial charge in [-0.05, 0) is 49.7 Å². The Hall–Kier alpha value is -1.85. The van der Waals surface area contributed by atoms with Crippen LogP contribution in [-0.2, 0) is 23.9 Å². The second-order valence-corrected chi connectivity index (χ2v) is 11.1. The molecule has 0 radical (unpaired) electrons. The van der Waals surface area contributed by atoms with Gasteiger partial charge >= 0.3 is 10.1 Å². The van der Waals surface area contributed by atoms with Crippen molar-refractivity contribution < 1.29 is 22.2 Å². The van der Waals surface area contributed by atoms with Crippen LogP contribution in [0.2, 0.25) is 0 Å². The van der Waals surface area contributed by atoms with E-state index in [1.807, 2.05) is 19.1 Å². The molecule has 1 aliphatic heterocycles. The van der Waals surface area contributed by atoms with E-state index < -0.39 is 20.9 Å². The number of rotatable bonds is 6. The molecule has 0 aromatic carbocycles. The summed E-state index contributed by atoms with van der Waals surface area (Å²) in [6.45, 7) is 6.84. The second-order valence-electron chi connectivity index (χ2n) is 9.53. The molecule has 0 aromatic rings. The molecule has 29 heavy (non-hydrogen) atoms. The number of allylic oxidation sites excluding steroid dienone is 3. The van der Waals surface area contributed by atoms with Gasteiger partial charge in [0, 0.05) is 16.7 Å². The van der Waals surface area contributed by atoms with E-state index in [1.54, 1.807) is 19.3 Å². The van der Waals surface area contributed by atoms with Crippen LogP contribution in [0.3, 0.4) is 0 Å². The van der Waals surface area contributed by atoms with Gasteiger partial charge in [-0.25, -0.2) is 0 Å². The van der Waals surface area contributed by atoms with Crippen LogP contribution in [-0.4, -0.2) is 39.7 Å². The third-order valence-electron chi connectivity index (χ3n) is 7.93. The molecule has 158 valence electrons. The van der Waals surface area contributed by atoms with E-state index in [9.17, 15) is 13.7 Å². The van der Waals surface area contributed by atoms with Crippen LogP contribution < -0.4 is 0 Å². The van der Waals surface area contributed by atoms with E-state index in [1.165, 1.54) is 0 Å². The summed E-state index contributed by atoms with van der Waals surface area (Å²) in [7, 11) is -2.40. The number of hydrogen-bond acceptors (Lipinski definition) is 7. The van der Waals surface area contributed by atoms with Crippen LogP contribution in [0, 0.1) is 39.4 Å². The maximum absolute atomic E-state index is 12.9. The average Bonchev–Trinajstić information content (AvgIpc) is 2.91. The lowest BCUT2D eigenvalue weighted by molar-refractivity contribution is -0.166. The lowest BCUT2D eigenvalue weighted by atomic mass is 9.69. The summed E-state index contributed by atoms with van der Waals surface area (Å²) in [6, 6.07) is 2.00. The van der Waals surface area contributed by atoms with Crippen LogP contribution in [0.1, 0.15) is 40.0 Å². The molecule has 8 heteroatoms. The van der Waals surface area contributed by atoms with Gasteiger partial charge in [-0.1, -0.05) is 25.1 Å². The molecule has 3 aliphatic carbocycles. The third kappa shape index (κ3) is 2.93. The first-order chi connectivity index (χ1) is 13.6. The van der Waals surface area contributed by atoms with Crippen molar-refractivity contribution in [3.8, 4) is 6.07 Å². The molecule has 0 amide bonds. The number of nitriles is 1. The standard InChI is InChI=1S/C21H28N2O5S/c1-19(2)16-7-10-21(19,18-15(16)12-27-18)13-29(24,25)28-23-17(11-22)20(3)8-5-14(26-4)6-9-20/h5-6,8,15-16,18H,7,9-10,12-13H2,1-4H3/b23-17+. The van der Waals surface area contributed by atoms with Gasteiger partial charge in [0.25, 0.3) is 0 Å². The molecule has 3 fully saturated rings. The number of methoxy groups -OCH3 is 1. The SMILES string of the molecule is COC1=CCC(C)(/C(C#N)=N/OS(=O)(=O)CC23CCC(C4COC42)C3(C)C)C=C1. The van der Waals surface area contributed by atoms with E-state index >= 15 is 0 Å². The van der Waals surface area contributed by atoms with Crippen molar-refractivity contribution in [2.24, 2.45) is 33.2 Å². The fourth-order valence-corrected chi connectivity index (χ4v) is 7.55. The Bertz CT molecular complexity index is 945. The molecule has 5 unspecified atom stereocenters. The smallest absolute Gasteiger partial charge is 0.329 e. The van der Waals surface area contributed by atoms with Gasteiger partial charge in [0.1, 0.15) is 11.8 Å². The molecule has 2 bridgehead atoms. The zero-order chi connectivity index (χ0) is 21.1. The summed E-state index contributed by atoms with van der Waals surface area (Å²) >= 11 is 0. The monoisotopic (exact) mass is 420 g/mol. The Labute approximate surface area is 172 Å². The lowest BCUT2D eigenvalue weighted by Crippen LogP contribution is -2.53. The van der Waals surface area contributed by atoms with Gasteiger partial charge in [-0.3, -0.25) is 4.28 Å². The molecule has 4 rings (SSSR count). The largest absolute Gasteiger partial charge is 0.497 e. The fourth-order valence-electron chi connectivity index (χ4n) is 5.99. The van der Waals surface area contributed by atoms with Crippen molar-refractivity contribution in [1.82, 2.24) is 0 Å². The van der Waals surface area contributed by atoms with Crippen molar-refractivity contribution in [2.45, 2.75) is 46.1 Å². The fraction of sp³-hybridized carbons (Fsp3) is 0.714. The van der Waals surface area contributed by atoms with Gasteiger partial charge < -0.3 is 9.47 Å².